The van der Waals surface area contributed by atoms with Crippen LogP contribution in [0.1, 0.15) is 73.4 Å². The summed E-state index contributed by atoms with van der Waals surface area (Å²) in [5, 5.41) is 23.0. The predicted octanol–water partition coefficient (Wildman–Crippen LogP) is 5.98. The van der Waals surface area contributed by atoms with Crippen molar-refractivity contribution >= 4 is 34.0 Å². The van der Waals surface area contributed by atoms with Crippen molar-refractivity contribution in [3.63, 3.8) is 0 Å². The molecular weight excluding hydrogens is 454 g/mol. The van der Waals surface area contributed by atoms with E-state index in [9.17, 15) is 10.1 Å². The molecular formula is C24H27N5O2S2. The summed E-state index contributed by atoms with van der Waals surface area (Å²) in [6, 6.07) is 6.40. The van der Waals surface area contributed by atoms with E-state index in [1.54, 1.807) is 17.6 Å². The number of aryl methyl sites for hydroxylation is 1. The first-order chi connectivity index (χ1) is 16.2. The summed E-state index contributed by atoms with van der Waals surface area (Å²) in [4.78, 5) is 14.1. The number of amides is 1. The number of hydrogen-bond acceptors (Lipinski definition) is 7. The Morgan fingerprint density at radius 1 is 1.21 bits per heavy atom. The Morgan fingerprint density at radius 2 is 2.03 bits per heavy atom. The van der Waals surface area contributed by atoms with Crippen molar-refractivity contribution in [2.75, 3.05) is 11.1 Å². The zero-order valence-corrected chi connectivity index (χ0v) is 20.1. The Hall–Kier alpha value is -2.57. The quantitative estimate of drug-likeness (QED) is 0.344. The van der Waals surface area contributed by atoms with Gasteiger partial charge in [-0.15, -0.1) is 21.5 Å². The van der Waals surface area contributed by atoms with Crippen LogP contribution in [0.4, 0.5) is 5.00 Å². The average molecular weight is 482 g/mol. The highest BCUT2D eigenvalue weighted by Crippen LogP contribution is 2.38. The Balaban J connectivity index is 1.32. The van der Waals surface area contributed by atoms with Gasteiger partial charge in [-0.1, -0.05) is 37.4 Å². The molecule has 9 heteroatoms. The number of anilines is 1. The van der Waals surface area contributed by atoms with Crippen LogP contribution in [0.5, 0.6) is 0 Å². The first-order valence-corrected chi connectivity index (χ1v) is 13.5. The molecule has 5 rings (SSSR count). The van der Waals surface area contributed by atoms with Crippen molar-refractivity contribution < 1.29 is 9.21 Å². The average Bonchev–Trinajstić information content (AvgIpc) is 3.54. The molecule has 172 valence electrons. The predicted molar refractivity (Wildman–Crippen MR) is 129 cm³/mol. The minimum absolute atomic E-state index is 0.120. The van der Waals surface area contributed by atoms with E-state index in [-0.39, 0.29) is 11.7 Å². The molecule has 3 heterocycles. The molecule has 0 spiro atoms. The third-order valence-corrected chi connectivity index (χ3v) is 8.61. The lowest BCUT2D eigenvalue weighted by molar-refractivity contribution is -0.113. The van der Waals surface area contributed by atoms with Crippen LogP contribution in [0.15, 0.2) is 28.0 Å². The van der Waals surface area contributed by atoms with Gasteiger partial charge >= 0.3 is 0 Å². The van der Waals surface area contributed by atoms with E-state index in [1.165, 1.54) is 42.3 Å². The van der Waals surface area contributed by atoms with Crippen LogP contribution in [0.25, 0.3) is 11.6 Å². The molecule has 0 aromatic carbocycles. The highest BCUT2D eigenvalue weighted by Gasteiger charge is 2.26. The molecule has 7 nitrogen and oxygen atoms in total. The fraction of sp³-hybridized carbons (Fsp3) is 0.500. The Morgan fingerprint density at radius 3 is 2.82 bits per heavy atom. The Kier molecular flexibility index (Phi) is 6.83. The van der Waals surface area contributed by atoms with Gasteiger partial charge in [0.25, 0.3) is 0 Å². The number of carbonyl (C=O) groups excluding carboxylic acids is 1. The lowest BCUT2D eigenvalue weighted by atomic mass is 9.95. The molecule has 2 aliphatic rings. The number of thioether (sulfide) groups is 1. The number of thiophene rings is 1. The normalized spacial score (nSPS) is 16.7. The molecule has 2 aliphatic carbocycles. The van der Waals surface area contributed by atoms with Crippen molar-refractivity contribution in [3.8, 4) is 17.7 Å². The van der Waals surface area contributed by atoms with Crippen LogP contribution in [-0.4, -0.2) is 26.4 Å². The van der Waals surface area contributed by atoms with E-state index < -0.39 is 0 Å². The van der Waals surface area contributed by atoms with Gasteiger partial charge in [0.2, 0.25) is 11.7 Å². The van der Waals surface area contributed by atoms with E-state index >= 15 is 0 Å². The van der Waals surface area contributed by atoms with Gasteiger partial charge in [0.15, 0.2) is 10.9 Å². The van der Waals surface area contributed by atoms with Crippen molar-refractivity contribution in [2.45, 2.75) is 75.4 Å². The molecule has 0 aliphatic heterocycles. The summed E-state index contributed by atoms with van der Waals surface area (Å²) >= 11 is 2.96. The van der Waals surface area contributed by atoms with Crippen LogP contribution >= 0.6 is 23.1 Å². The van der Waals surface area contributed by atoms with E-state index in [4.69, 9.17) is 4.42 Å². The monoisotopic (exact) mass is 481 g/mol. The minimum Gasteiger partial charge on any atom is -0.461 e. The highest BCUT2D eigenvalue weighted by molar-refractivity contribution is 7.99. The van der Waals surface area contributed by atoms with Gasteiger partial charge in [0.05, 0.1) is 17.6 Å². The first-order valence-electron chi connectivity index (χ1n) is 11.7. The molecule has 0 bridgehead atoms. The number of fused-ring (bicyclic) bond motifs is 1. The number of hydrogen-bond donors (Lipinski definition) is 1. The van der Waals surface area contributed by atoms with Crippen molar-refractivity contribution in [3.05, 3.63) is 34.4 Å². The highest BCUT2D eigenvalue weighted by atomic mass is 32.2. The lowest BCUT2D eigenvalue weighted by Gasteiger charge is -2.25. The van der Waals surface area contributed by atoms with E-state index in [2.05, 4.69) is 26.2 Å². The first kappa shape index (κ1) is 22.2. The van der Waals surface area contributed by atoms with Gasteiger partial charge in [0.1, 0.15) is 11.1 Å². The van der Waals surface area contributed by atoms with Gasteiger partial charge in [-0.25, -0.2) is 0 Å². The number of furan rings is 1. The molecule has 1 amide bonds. The van der Waals surface area contributed by atoms with Gasteiger partial charge in [-0.3, -0.25) is 9.36 Å². The molecule has 0 atom stereocenters. The molecule has 0 radical (unpaired) electrons. The van der Waals surface area contributed by atoms with Crippen molar-refractivity contribution in [2.24, 2.45) is 0 Å². The largest absolute Gasteiger partial charge is 0.461 e. The van der Waals surface area contributed by atoms with Crippen molar-refractivity contribution in [1.82, 2.24) is 14.8 Å². The maximum Gasteiger partial charge on any atom is 0.235 e. The van der Waals surface area contributed by atoms with Crippen LogP contribution < -0.4 is 5.32 Å². The molecule has 1 saturated carbocycles. The van der Waals surface area contributed by atoms with Crippen LogP contribution in [0.3, 0.4) is 0 Å². The summed E-state index contributed by atoms with van der Waals surface area (Å²) < 4.78 is 7.76. The number of aromatic nitrogens is 3. The van der Waals surface area contributed by atoms with E-state index in [0.29, 0.717) is 22.4 Å². The Bertz CT molecular complexity index is 1150. The van der Waals surface area contributed by atoms with Gasteiger partial charge in [-0.05, 0) is 56.2 Å². The fourth-order valence-corrected chi connectivity index (χ4v) is 6.92. The van der Waals surface area contributed by atoms with Crippen LogP contribution in [0, 0.1) is 11.3 Å². The molecule has 1 N–H and O–H groups in total. The summed E-state index contributed by atoms with van der Waals surface area (Å²) in [5.74, 6) is 1.52. The number of carbonyl (C=O) groups is 1. The van der Waals surface area contributed by atoms with E-state index in [0.717, 1.165) is 55.1 Å². The maximum absolute atomic E-state index is 12.8. The molecule has 3 aromatic rings. The zero-order valence-electron chi connectivity index (χ0n) is 18.5. The minimum atomic E-state index is -0.120. The number of nitrogens with zero attached hydrogens (tertiary/aromatic N) is 4. The molecule has 0 unspecified atom stereocenters. The van der Waals surface area contributed by atoms with Crippen LogP contribution in [0.2, 0.25) is 0 Å². The summed E-state index contributed by atoms with van der Waals surface area (Å²) in [7, 11) is 0. The SMILES string of the molecule is N#Cc1c(NC(=O)CSc2nnc(-c3ccco3)n2C2CCCCC2)sc2c1CCCCC2. The number of rotatable bonds is 6. The summed E-state index contributed by atoms with van der Waals surface area (Å²) in [6.07, 6.45) is 12.8. The molecule has 0 saturated heterocycles. The molecule has 33 heavy (non-hydrogen) atoms. The number of nitriles is 1. The van der Waals surface area contributed by atoms with E-state index in [1.807, 2.05) is 12.1 Å². The second-order valence-corrected chi connectivity index (χ2v) is 10.7. The fourth-order valence-electron chi connectivity index (χ4n) is 4.86. The summed E-state index contributed by atoms with van der Waals surface area (Å²) in [5.41, 5.74) is 1.80. The zero-order chi connectivity index (χ0) is 22.6. The van der Waals surface area contributed by atoms with Gasteiger partial charge < -0.3 is 9.73 Å². The second kappa shape index (κ2) is 10.1. The third-order valence-electron chi connectivity index (χ3n) is 6.46. The molecule has 1 fully saturated rings. The standard InChI is InChI=1S/C24H27N5O2S2/c25-14-18-17-10-5-2-6-12-20(17)33-23(18)26-21(30)15-32-24-28-27-22(19-11-7-13-31-19)29(24)16-8-3-1-4-9-16/h7,11,13,16H,1-6,8-10,12,15H2,(H,26,30). The van der Waals surface area contributed by atoms with Crippen LogP contribution in [-0.2, 0) is 17.6 Å². The number of nitrogens with one attached hydrogen (secondary N) is 1. The molecule has 3 aromatic heterocycles. The smallest absolute Gasteiger partial charge is 0.235 e. The van der Waals surface area contributed by atoms with Gasteiger partial charge in [-0.2, -0.15) is 5.26 Å². The second-order valence-electron chi connectivity index (χ2n) is 8.66. The topological polar surface area (TPSA) is 96.7 Å². The Labute approximate surface area is 201 Å². The van der Waals surface area contributed by atoms with Crippen molar-refractivity contribution in [1.29, 1.82) is 5.26 Å². The maximum atomic E-state index is 12.8. The summed E-state index contributed by atoms with van der Waals surface area (Å²) in [6.45, 7) is 0. The third kappa shape index (κ3) is 4.73. The van der Waals surface area contributed by atoms with Gasteiger partial charge in [0, 0.05) is 10.9 Å². The lowest BCUT2D eigenvalue weighted by Crippen LogP contribution is -2.17.